The average molecular weight is 509 g/mol. The summed E-state index contributed by atoms with van der Waals surface area (Å²) in [6.45, 7) is 5.97. The van der Waals surface area contributed by atoms with E-state index in [4.69, 9.17) is 23.2 Å². The molecule has 0 aromatic heterocycles. The summed E-state index contributed by atoms with van der Waals surface area (Å²) in [6.07, 6.45) is 3.01. The SMILES string of the molecule is CCN(CC)c1ccc(C=C(NC(=O)c2ccccc2)C(=O)NN=Cc2ccc(Cl)cc2Cl)cc1. The van der Waals surface area contributed by atoms with Crippen molar-refractivity contribution in [3.05, 3.63) is 105 Å². The van der Waals surface area contributed by atoms with Crippen LogP contribution < -0.4 is 15.6 Å². The molecular formula is C27H26Cl2N4O2. The predicted molar refractivity (Wildman–Crippen MR) is 144 cm³/mol. The van der Waals surface area contributed by atoms with E-state index in [9.17, 15) is 9.59 Å². The highest BCUT2D eigenvalue weighted by atomic mass is 35.5. The van der Waals surface area contributed by atoms with E-state index in [1.165, 1.54) is 6.21 Å². The number of nitrogens with zero attached hydrogens (tertiary/aromatic N) is 2. The molecule has 2 N–H and O–H groups in total. The zero-order valence-corrected chi connectivity index (χ0v) is 21.0. The largest absolute Gasteiger partial charge is 0.372 e. The fourth-order valence-corrected chi connectivity index (χ4v) is 3.76. The minimum Gasteiger partial charge on any atom is -0.372 e. The zero-order chi connectivity index (χ0) is 25.2. The van der Waals surface area contributed by atoms with E-state index in [1.807, 2.05) is 30.3 Å². The number of halogens is 2. The number of anilines is 1. The molecule has 0 aliphatic carbocycles. The molecule has 3 aromatic rings. The number of hydrogen-bond donors (Lipinski definition) is 2. The van der Waals surface area contributed by atoms with Crippen LogP contribution in [0.3, 0.4) is 0 Å². The first-order valence-electron chi connectivity index (χ1n) is 11.1. The second-order valence-corrected chi connectivity index (χ2v) is 8.35. The number of hydrogen-bond acceptors (Lipinski definition) is 4. The molecule has 3 aromatic carbocycles. The van der Waals surface area contributed by atoms with E-state index < -0.39 is 11.8 Å². The third kappa shape index (κ3) is 7.44. The van der Waals surface area contributed by atoms with Gasteiger partial charge in [-0.15, -0.1) is 0 Å². The van der Waals surface area contributed by atoms with Crippen LogP contribution in [0.5, 0.6) is 0 Å². The average Bonchev–Trinajstić information content (AvgIpc) is 2.87. The predicted octanol–water partition coefficient (Wildman–Crippen LogP) is 5.76. The maximum absolute atomic E-state index is 12.9. The van der Waals surface area contributed by atoms with Crippen LogP contribution in [0.2, 0.25) is 10.0 Å². The van der Waals surface area contributed by atoms with Crippen LogP contribution in [0.1, 0.15) is 35.3 Å². The Kier molecular flexibility index (Phi) is 9.47. The molecule has 0 saturated carbocycles. The van der Waals surface area contributed by atoms with Crippen LogP contribution in [-0.4, -0.2) is 31.1 Å². The van der Waals surface area contributed by atoms with E-state index in [0.29, 0.717) is 21.2 Å². The highest BCUT2D eigenvalue weighted by molar-refractivity contribution is 6.36. The lowest BCUT2D eigenvalue weighted by atomic mass is 10.1. The number of nitrogens with one attached hydrogen (secondary N) is 2. The van der Waals surface area contributed by atoms with Gasteiger partial charge in [0, 0.05) is 34.9 Å². The number of benzene rings is 3. The van der Waals surface area contributed by atoms with Gasteiger partial charge in [-0.3, -0.25) is 9.59 Å². The van der Waals surface area contributed by atoms with Crippen molar-refractivity contribution in [2.75, 3.05) is 18.0 Å². The molecule has 0 saturated heterocycles. The molecule has 3 rings (SSSR count). The topological polar surface area (TPSA) is 73.8 Å². The van der Waals surface area contributed by atoms with Crippen LogP contribution in [0.15, 0.2) is 83.6 Å². The van der Waals surface area contributed by atoms with Crippen LogP contribution in [-0.2, 0) is 4.79 Å². The first kappa shape index (κ1) is 26.0. The Morgan fingerprint density at radius 1 is 0.943 bits per heavy atom. The molecule has 6 nitrogen and oxygen atoms in total. The van der Waals surface area contributed by atoms with Crippen molar-refractivity contribution in [2.45, 2.75) is 13.8 Å². The highest BCUT2D eigenvalue weighted by Gasteiger charge is 2.14. The molecule has 0 heterocycles. The van der Waals surface area contributed by atoms with Crippen LogP contribution >= 0.6 is 23.2 Å². The number of carbonyl (C=O) groups is 2. The number of rotatable bonds is 9. The van der Waals surface area contributed by atoms with Crippen molar-refractivity contribution in [2.24, 2.45) is 5.10 Å². The summed E-state index contributed by atoms with van der Waals surface area (Å²) in [7, 11) is 0. The lowest BCUT2D eigenvalue weighted by Crippen LogP contribution is -2.32. The minimum atomic E-state index is -0.580. The Morgan fingerprint density at radius 3 is 2.26 bits per heavy atom. The van der Waals surface area contributed by atoms with Crippen LogP contribution in [0, 0.1) is 0 Å². The quantitative estimate of drug-likeness (QED) is 0.219. The summed E-state index contributed by atoms with van der Waals surface area (Å²) < 4.78 is 0. The second-order valence-electron chi connectivity index (χ2n) is 7.51. The Balaban J connectivity index is 1.83. The first-order valence-corrected chi connectivity index (χ1v) is 11.9. The molecule has 2 amide bonds. The molecule has 8 heteroatoms. The highest BCUT2D eigenvalue weighted by Crippen LogP contribution is 2.19. The van der Waals surface area contributed by atoms with E-state index in [0.717, 1.165) is 24.3 Å². The van der Waals surface area contributed by atoms with E-state index >= 15 is 0 Å². The van der Waals surface area contributed by atoms with Gasteiger partial charge in [0.05, 0.1) is 11.2 Å². The van der Waals surface area contributed by atoms with Gasteiger partial charge in [-0.2, -0.15) is 5.10 Å². The summed E-state index contributed by atoms with van der Waals surface area (Å²) in [4.78, 5) is 27.9. The molecule has 0 aliphatic rings. The van der Waals surface area contributed by atoms with Gasteiger partial charge in [0.2, 0.25) is 0 Å². The number of amides is 2. The van der Waals surface area contributed by atoms with Crippen molar-refractivity contribution in [1.82, 2.24) is 10.7 Å². The zero-order valence-electron chi connectivity index (χ0n) is 19.5. The molecule has 0 atom stereocenters. The van der Waals surface area contributed by atoms with E-state index in [2.05, 4.69) is 34.6 Å². The van der Waals surface area contributed by atoms with Gasteiger partial charge in [0.1, 0.15) is 5.70 Å². The fraction of sp³-hybridized carbons (Fsp3) is 0.148. The summed E-state index contributed by atoms with van der Waals surface area (Å²) in [6, 6.07) is 21.4. The van der Waals surface area contributed by atoms with Gasteiger partial charge in [-0.05, 0) is 61.9 Å². The summed E-state index contributed by atoms with van der Waals surface area (Å²) in [5, 5.41) is 7.57. The summed E-state index contributed by atoms with van der Waals surface area (Å²) in [5.74, 6) is -0.986. The van der Waals surface area contributed by atoms with Gasteiger partial charge in [0.25, 0.3) is 11.8 Å². The molecule has 0 radical (unpaired) electrons. The normalized spacial score (nSPS) is 11.4. The lowest BCUT2D eigenvalue weighted by Gasteiger charge is -2.20. The number of hydrazone groups is 1. The van der Waals surface area contributed by atoms with Crippen molar-refractivity contribution < 1.29 is 9.59 Å². The minimum absolute atomic E-state index is 0.0498. The Bertz CT molecular complexity index is 1220. The molecular weight excluding hydrogens is 483 g/mol. The fourth-order valence-electron chi connectivity index (χ4n) is 3.31. The van der Waals surface area contributed by atoms with Gasteiger partial charge in [-0.25, -0.2) is 5.43 Å². The van der Waals surface area contributed by atoms with Gasteiger partial charge < -0.3 is 10.2 Å². The van der Waals surface area contributed by atoms with E-state index in [-0.39, 0.29) is 5.70 Å². The van der Waals surface area contributed by atoms with Crippen molar-refractivity contribution >= 4 is 53.0 Å². The van der Waals surface area contributed by atoms with E-state index in [1.54, 1.807) is 48.5 Å². The third-order valence-corrected chi connectivity index (χ3v) is 5.76. The van der Waals surface area contributed by atoms with Gasteiger partial charge >= 0.3 is 0 Å². The monoisotopic (exact) mass is 508 g/mol. The third-order valence-electron chi connectivity index (χ3n) is 5.19. The maximum Gasteiger partial charge on any atom is 0.287 e. The van der Waals surface area contributed by atoms with Gasteiger partial charge in [0.15, 0.2) is 0 Å². The molecule has 0 unspecified atom stereocenters. The molecule has 0 bridgehead atoms. The Morgan fingerprint density at radius 2 is 1.63 bits per heavy atom. The van der Waals surface area contributed by atoms with Crippen molar-refractivity contribution in [3.63, 3.8) is 0 Å². The number of carbonyl (C=O) groups excluding carboxylic acids is 2. The second kappa shape index (κ2) is 12.7. The van der Waals surface area contributed by atoms with Crippen LogP contribution in [0.25, 0.3) is 6.08 Å². The maximum atomic E-state index is 12.9. The molecule has 0 aliphatic heterocycles. The smallest absolute Gasteiger partial charge is 0.287 e. The summed E-state index contributed by atoms with van der Waals surface area (Å²) >= 11 is 12.1. The van der Waals surface area contributed by atoms with Crippen molar-refractivity contribution in [1.29, 1.82) is 0 Å². The molecule has 180 valence electrons. The standard InChI is InChI=1S/C27H26Cl2N4O2/c1-3-33(4-2)23-14-10-19(11-15-23)16-25(31-26(34)20-8-6-5-7-9-20)27(35)32-30-18-21-12-13-22(28)17-24(21)29/h5-18H,3-4H2,1-2H3,(H,31,34)(H,32,35). The van der Waals surface area contributed by atoms with Gasteiger partial charge in [-0.1, -0.05) is 59.6 Å². The van der Waals surface area contributed by atoms with Crippen LogP contribution in [0.4, 0.5) is 5.69 Å². The Labute approximate surface area is 215 Å². The summed E-state index contributed by atoms with van der Waals surface area (Å²) in [5.41, 5.74) is 5.34. The Hall–Kier alpha value is -3.61. The molecule has 35 heavy (non-hydrogen) atoms. The molecule has 0 fully saturated rings. The van der Waals surface area contributed by atoms with Crippen molar-refractivity contribution in [3.8, 4) is 0 Å². The molecule has 0 spiro atoms. The lowest BCUT2D eigenvalue weighted by molar-refractivity contribution is -0.117. The first-order chi connectivity index (χ1) is 16.9.